The summed E-state index contributed by atoms with van der Waals surface area (Å²) in [5.74, 6) is -5.03. The van der Waals surface area contributed by atoms with E-state index in [9.17, 15) is 24.0 Å². The number of amides is 3. The molecule has 3 unspecified atom stereocenters. The van der Waals surface area contributed by atoms with Crippen molar-refractivity contribution in [2.75, 3.05) is 6.54 Å². The van der Waals surface area contributed by atoms with Crippen LogP contribution in [0.4, 0.5) is 0 Å². The lowest BCUT2D eigenvalue weighted by Gasteiger charge is -2.24. The highest BCUT2D eigenvalue weighted by Gasteiger charge is 2.29. The van der Waals surface area contributed by atoms with E-state index < -0.39 is 60.8 Å². The monoisotopic (exact) mass is 360 g/mol. The average molecular weight is 360 g/mol. The molecule has 0 fully saturated rings. The van der Waals surface area contributed by atoms with Crippen LogP contribution < -0.4 is 21.7 Å². The van der Waals surface area contributed by atoms with Gasteiger partial charge in [-0.2, -0.15) is 0 Å². The molecule has 11 heteroatoms. The normalized spacial score (nSPS) is 14.1. The lowest BCUT2D eigenvalue weighted by molar-refractivity contribution is -0.140. The van der Waals surface area contributed by atoms with Crippen molar-refractivity contribution in [3.8, 4) is 0 Å². The second kappa shape index (κ2) is 10.2. The molecule has 3 atom stereocenters. The maximum absolute atomic E-state index is 12.2. The fraction of sp³-hybridized carbons (Fsp3) is 0.643. The van der Waals surface area contributed by atoms with Gasteiger partial charge in [0.1, 0.15) is 18.6 Å². The molecule has 0 rings (SSSR count). The smallest absolute Gasteiger partial charge is 0.322 e. The summed E-state index contributed by atoms with van der Waals surface area (Å²) >= 11 is 0. The van der Waals surface area contributed by atoms with Crippen LogP contribution in [0.1, 0.15) is 27.2 Å². The number of nitrogens with one attached hydrogen (secondary N) is 3. The Hall–Kier alpha value is -2.69. The van der Waals surface area contributed by atoms with Gasteiger partial charge in [-0.3, -0.25) is 24.0 Å². The minimum absolute atomic E-state index is 0.366. The number of aliphatic carboxylic acids is 2. The van der Waals surface area contributed by atoms with Gasteiger partial charge in [-0.1, -0.05) is 13.8 Å². The van der Waals surface area contributed by atoms with Crippen LogP contribution in [0.5, 0.6) is 0 Å². The second-order valence-corrected chi connectivity index (χ2v) is 5.78. The summed E-state index contributed by atoms with van der Waals surface area (Å²) in [6.07, 6.45) is -0.591. The third-order valence-corrected chi connectivity index (χ3v) is 3.14. The first-order valence-corrected chi connectivity index (χ1v) is 7.53. The van der Waals surface area contributed by atoms with Crippen LogP contribution in [0, 0.1) is 5.92 Å². The number of hydrogen-bond acceptors (Lipinski definition) is 6. The van der Waals surface area contributed by atoms with E-state index in [-0.39, 0.29) is 5.92 Å². The highest BCUT2D eigenvalue weighted by molar-refractivity contribution is 5.94. The first-order chi connectivity index (χ1) is 11.5. The van der Waals surface area contributed by atoms with Crippen LogP contribution >= 0.6 is 0 Å². The minimum Gasteiger partial charge on any atom is -0.481 e. The second-order valence-electron chi connectivity index (χ2n) is 5.78. The molecule has 0 aliphatic heterocycles. The molecule has 7 N–H and O–H groups in total. The maximum atomic E-state index is 12.2. The van der Waals surface area contributed by atoms with Crippen molar-refractivity contribution in [2.24, 2.45) is 11.7 Å². The number of nitrogens with two attached hydrogens (primary N) is 1. The molecule has 3 amide bonds. The third kappa shape index (κ3) is 8.65. The highest BCUT2D eigenvalue weighted by atomic mass is 16.4. The zero-order valence-corrected chi connectivity index (χ0v) is 14.2. The van der Waals surface area contributed by atoms with Crippen LogP contribution in [-0.4, -0.2) is 64.5 Å². The van der Waals surface area contributed by atoms with Crippen molar-refractivity contribution in [3.63, 3.8) is 0 Å². The lowest BCUT2D eigenvalue weighted by atomic mass is 10.0. The van der Waals surface area contributed by atoms with E-state index in [0.717, 1.165) is 0 Å². The van der Waals surface area contributed by atoms with Crippen LogP contribution in [0.25, 0.3) is 0 Å². The summed E-state index contributed by atoms with van der Waals surface area (Å²) in [6.45, 7) is 4.04. The van der Waals surface area contributed by atoms with E-state index in [2.05, 4.69) is 16.0 Å². The fourth-order valence-electron chi connectivity index (χ4n) is 1.76. The van der Waals surface area contributed by atoms with Gasteiger partial charge >= 0.3 is 11.9 Å². The molecule has 25 heavy (non-hydrogen) atoms. The van der Waals surface area contributed by atoms with E-state index in [1.165, 1.54) is 6.92 Å². The quantitative estimate of drug-likeness (QED) is 0.249. The Balaban J connectivity index is 4.78. The molecule has 0 spiro atoms. The SMILES string of the molecule is CC(NC(=O)C(NC(=O)C(N)CC(=O)O)C(C)C)C(=O)NCC(=O)O. The molecular formula is C14H24N4O7. The molecule has 0 aromatic rings. The van der Waals surface area contributed by atoms with Gasteiger partial charge in [-0.25, -0.2) is 0 Å². The Labute approximate surface area is 144 Å². The molecule has 142 valence electrons. The standard InChI is InChI=1S/C14H24N4O7/c1-6(2)11(18-13(24)8(15)4-9(19)20)14(25)17-7(3)12(23)16-5-10(21)22/h6-8,11H,4-5,15H2,1-3H3,(H,16,23)(H,17,25)(H,18,24)(H,19,20)(H,21,22). The summed E-state index contributed by atoms with van der Waals surface area (Å²) in [5, 5.41) is 23.9. The Morgan fingerprint density at radius 3 is 1.88 bits per heavy atom. The number of carboxylic acid groups (broad SMARTS) is 2. The largest absolute Gasteiger partial charge is 0.481 e. The van der Waals surface area contributed by atoms with E-state index in [4.69, 9.17) is 15.9 Å². The van der Waals surface area contributed by atoms with Gasteiger partial charge in [0.15, 0.2) is 0 Å². The first kappa shape index (κ1) is 22.3. The van der Waals surface area contributed by atoms with E-state index >= 15 is 0 Å². The van der Waals surface area contributed by atoms with Crippen LogP contribution in [0.2, 0.25) is 0 Å². The first-order valence-electron chi connectivity index (χ1n) is 7.53. The number of carboxylic acids is 2. The summed E-state index contributed by atoms with van der Waals surface area (Å²) in [5.41, 5.74) is 5.44. The molecule has 0 heterocycles. The predicted molar refractivity (Wildman–Crippen MR) is 85.2 cm³/mol. The van der Waals surface area contributed by atoms with Gasteiger partial charge in [-0.05, 0) is 12.8 Å². The number of carbonyl (C=O) groups excluding carboxylic acids is 3. The van der Waals surface area contributed by atoms with Crippen molar-refractivity contribution in [3.05, 3.63) is 0 Å². The summed E-state index contributed by atoms with van der Waals surface area (Å²) in [7, 11) is 0. The van der Waals surface area contributed by atoms with E-state index in [0.29, 0.717) is 0 Å². The molecule has 0 radical (unpaired) electrons. The van der Waals surface area contributed by atoms with Gasteiger partial charge < -0.3 is 31.9 Å². The zero-order chi connectivity index (χ0) is 19.7. The molecule has 0 aliphatic carbocycles. The molecule has 11 nitrogen and oxygen atoms in total. The molecule has 0 aliphatic rings. The van der Waals surface area contributed by atoms with Crippen molar-refractivity contribution in [1.82, 2.24) is 16.0 Å². The summed E-state index contributed by atoms with van der Waals surface area (Å²) in [6, 6.07) is -3.39. The Bertz CT molecular complexity index is 535. The van der Waals surface area contributed by atoms with Crippen molar-refractivity contribution in [1.29, 1.82) is 0 Å². The molecule has 0 saturated carbocycles. The average Bonchev–Trinajstić information content (AvgIpc) is 2.48. The third-order valence-electron chi connectivity index (χ3n) is 3.14. The van der Waals surface area contributed by atoms with Gasteiger partial charge in [0.25, 0.3) is 0 Å². The predicted octanol–water partition coefficient (Wildman–Crippen LogP) is -2.37. The zero-order valence-electron chi connectivity index (χ0n) is 14.2. The molecule has 0 aromatic carbocycles. The van der Waals surface area contributed by atoms with Gasteiger partial charge in [0.05, 0.1) is 12.5 Å². The van der Waals surface area contributed by atoms with Crippen LogP contribution in [0.15, 0.2) is 0 Å². The fourth-order valence-corrected chi connectivity index (χ4v) is 1.76. The number of rotatable bonds is 10. The van der Waals surface area contributed by atoms with E-state index in [1.54, 1.807) is 13.8 Å². The van der Waals surface area contributed by atoms with Crippen molar-refractivity contribution < 1.29 is 34.2 Å². The van der Waals surface area contributed by atoms with Crippen molar-refractivity contribution in [2.45, 2.75) is 45.3 Å². The molecule has 0 bridgehead atoms. The Morgan fingerprint density at radius 2 is 1.44 bits per heavy atom. The summed E-state index contributed by atoms with van der Waals surface area (Å²) in [4.78, 5) is 56.8. The Morgan fingerprint density at radius 1 is 0.880 bits per heavy atom. The highest BCUT2D eigenvalue weighted by Crippen LogP contribution is 2.04. The minimum atomic E-state index is -1.32. The Kier molecular flexibility index (Phi) is 9.13. The maximum Gasteiger partial charge on any atom is 0.322 e. The van der Waals surface area contributed by atoms with Gasteiger partial charge in [-0.15, -0.1) is 0 Å². The van der Waals surface area contributed by atoms with Gasteiger partial charge in [0, 0.05) is 0 Å². The van der Waals surface area contributed by atoms with Crippen LogP contribution in [-0.2, 0) is 24.0 Å². The van der Waals surface area contributed by atoms with E-state index in [1.807, 2.05) is 0 Å². The van der Waals surface area contributed by atoms with Crippen LogP contribution in [0.3, 0.4) is 0 Å². The molecule has 0 aromatic heterocycles. The van der Waals surface area contributed by atoms with Crippen molar-refractivity contribution >= 4 is 29.7 Å². The molecular weight excluding hydrogens is 336 g/mol. The summed E-state index contributed by atoms with van der Waals surface area (Å²) < 4.78 is 0. The number of carbonyl (C=O) groups is 5. The lowest BCUT2D eigenvalue weighted by Crippen LogP contribution is -2.57. The van der Waals surface area contributed by atoms with Gasteiger partial charge in [0.2, 0.25) is 17.7 Å². The molecule has 0 saturated heterocycles. The topological polar surface area (TPSA) is 188 Å². The number of hydrogen-bond donors (Lipinski definition) is 6.